The van der Waals surface area contributed by atoms with Gasteiger partial charge in [-0.3, -0.25) is 4.79 Å². The van der Waals surface area contributed by atoms with Crippen LogP contribution in [0.3, 0.4) is 0 Å². The normalized spacial score (nSPS) is 18.8. The largest absolute Gasteiger partial charge is 0.497 e. The van der Waals surface area contributed by atoms with Crippen molar-refractivity contribution in [3.8, 4) is 5.75 Å². The topological polar surface area (TPSA) is 62.4 Å². The van der Waals surface area contributed by atoms with Crippen molar-refractivity contribution in [3.63, 3.8) is 0 Å². The summed E-state index contributed by atoms with van der Waals surface area (Å²) in [7, 11) is 1.64. The standard InChI is InChI=1S/C21H25F2N3O2/c1-28-17-5-2-15(3-6-17)12-25-16-11-20(26-13-16)21(27)24-9-8-14-4-7-18(22)19(23)10-14/h2-7,10,16,20,25-26H,8-9,11-13H2,1H3,(H,24,27). The first-order valence-corrected chi connectivity index (χ1v) is 9.36. The predicted octanol–water partition coefficient (Wildman–Crippen LogP) is 2.15. The summed E-state index contributed by atoms with van der Waals surface area (Å²) in [5.41, 5.74) is 1.80. The number of hydrogen-bond acceptors (Lipinski definition) is 4. The van der Waals surface area contributed by atoms with Gasteiger partial charge in [0.25, 0.3) is 0 Å². The average Bonchev–Trinajstić information content (AvgIpc) is 3.18. The molecular formula is C21H25F2N3O2. The van der Waals surface area contributed by atoms with Gasteiger partial charge in [-0.1, -0.05) is 18.2 Å². The van der Waals surface area contributed by atoms with Gasteiger partial charge in [0.05, 0.1) is 13.2 Å². The maximum atomic E-state index is 13.2. The number of amides is 1. The van der Waals surface area contributed by atoms with Gasteiger partial charge < -0.3 is 20.7 Å². The van der Waals surface area contributed by atoms with E-state index in [2.05, 4.69) is 16.0 Å². The summed E-state index contributed by atoms with van der Waals surface area (Å²) in [6.07, 6.45) is 1.15. The molecule has 1 fully saturated rings. The Morgan fingerprint density at radius 3 is 2.61 bits per heavy atom. The quantitative estimate of drug-likeness (QED) is 0.648. The fourth-order valence-electron chi connectivity index (χ4n) is 3.24. The highest BCUT2D eigenvalue weighted by Crippen LogP contribution is 2.13. The first kappa shape index (κ1) is 20.2. The van der Waals surface area contributed by atoms with Gasteiger partial charge in [0.1, 0.15) is 5.75 Å². The Bertz CT molecular complexity index is 799. The van der Waals surface area contributed by atoms with E-state index >= 15 is 0 Å². The number of halogens is 2. The minimum atomic E-state index is -0.868. The van der Waals surface area contributed by atoms with Crippen LogP contribution in [0.15, 0.2) is 42.5 Å². The average molecular weight is 389 g/mol. The summed E-state index contributed by atoms with van der Waals surface area (Å²) in [6, 6.07) is 11.6. The molecule has 0 spiro atoms. The lowest BCUT2D eigenvalue weighted by Crippen LogP contribution is -2.41. The Balaban J connectivity index is 1.37. The molecule has 3 rings (SSSR count). The van der Waals surface area contributed by atoms with Gasteiger partial charge in [-0.05, 0) is 48.2 Å². The third-order valence-corrected chi connectivity index (χ3v) is 4.90. The van der Waals surface area contributed by atoms with Crippen LogP contribution in [-0.2, 0) is 17.8 Å². The number of carbonyl (C=O) groups excluding carboxylic acids is 1. The maximum absolute atomic E-state index is 13.2. The van der Waals surface area contributed by atoms with Crippen LogP contribution in [0.1, 0.15) is 17.5 Å². The number of ether oxygens (including phenoxy) is 1. The lowest BCUT2D eigenvalue weighted by molar-refractivity contribution is -0.122. The van der Waals surface area contributed by atoms with E-state index in [4.69, 9.17) is 4.74 Å². The molecular weight excluding hydrogens is 364 g/mol. The molecule has 0 radical (unpaired) electrons. The molecule has 28 heavy (non-hydrogen) atoms. The van der Waals surface area contributed by atoms with Crippen molar-refractivity contribution in [2.75, 3.05) is 20.2 Å². The number of carbonyl (C=O) groups is 1. The summed E-state index contributed by atoms with van der Waals surface area (Å²) >= 11 is 0. The molecule has 2 aromatic rings. The Morgan fingerprint density at radius 2 is 1.89 bits per heavy atom. The van der Waals surface area contributed by atoms with Crippen molar-refractivity contribution in [3.05, 3.63) is 65.2 Å². The van der Waals surface area contributed by atoms with E-state index in [0.717, 1.165) is 36.5 Å². The van der Waals surface area contributed by atoms with E-state index in [0.29, 0.717) is 24.9 Å². The fraction of sp³-hybridized carbons (Fsp3) is 0.381. The van der Waals surface area contributed by atoms with Crippen LogP contribution >= 0.6 is 0 Å². The Kier molecular flexibility index (Phi) is 6.95. The van der Waals surface area contributed by atoms with Crippen LogP contribution < -0.4 is 20.7 Å². The zero-order chi connectivity index (χ0) is 19.9. The van der Waals surface area contributed by atoms with Gasteiger partial charge in [-0.25, -0.2) is 8.78 Å². The highest BCUT2D eigenvalue weighted by molar-refractivity contribution is 5.82. The molecule has 5 nitrogen and oxygen atoms in total. The first-order valence-electron chi connectivity index (χ1n) is 9.36. The fourth-order valence-corrected chi connectivity index (χ4v) is 3.24. The van der Waals surface area contributed by atoms with E-state index in [9.17, 15) is 13.6 Å². The molecule has 2 aromatic carbocycles. The van der Waals surface area contributed by atoms with Crippen molar-refractivity contribution in [2.45, 2.75) is 31.5 Å². The van der Waals surface area contributed by atoms with Crippen molar-refractivity contribution < 1.29 is 18.3 Å². The minimum absolute atomic E-state index is 0.0728. The van der Waals surface area contributed by atoms with Gasteiger partial charge in [0.15, 0.2) is 11.6 Å². The van der Waals surface area contributed by atoms with Crippen molar-refractivity contribution >= 4 is 5.91 Å². The van der Waals surface area contributed by atoms with Crippen LogP contribution in [0, 0.1) is 11.6 Å². The van der Waals surface area contributed by atoms with Crippen molar-refractivity contribution in [1.29, 1.82) is 0 Å². The van der Waals surface area contributed by atoms with E-state index in [-0.39, 0.29) is 18.0 Å². The SMILES string of the molecule is COc1ccc(CNC2CNC(C(=O)NCCc3ccc(F)c(F)c3)C2)cc1. The number of hydrogen-bond donors (Lipinski definition) is 3. The summed E-state index contributed by atoms with van der Waals surface area (Å²) in [4.78, 5) is 12.3. The van der Waals surface area contributed by atoms with Crippen molar-refractivity contribution in [2.24, 2.45) is 0 Å². The molecule has 2 atom stereocenters. The minimum Gasteiger partial charge on any atom is -0.497 e. The molecule has 1 aliphatic heterocycles. The lowest BCUT2D eigenvalue weighted by atomic mass is 10.1. The molecule has 1 amide bonds. The lowest BCUT2D eigenvalue weighted by Gasteiger charge is -2.13. The molecule has 2 unspecified atom stereocenters. The van der Waals surface area contributed by atoms with Crippen LogP contribution in [0.2, 0.25) is 0 Å². The monoisotopic (exact) mass is 389 g/mol. The molecule has 1 aliphatic rings. The zero-order valence-electron chi connectivity index (χ0n) is 15.8. The number of rotatable bonds is 8. The molecule has 0 bridgehead atoms. The van der Waals surface area contributed by atoms with E-state index in [1.54, 1.807) is 7.11 Å². The van der Waals surface area contributed by atoms with E-state index in [1.165, 1.54) is 6.07 Å². The van der Waals surface area contributed by atoms with Crippen LogP contribution in [0.4, 0.5) is 8.78 Å². The molecule has 0 aromatic heterocycles. The molecule has 1 heterocycles. The zero-order valence-corrected chi connectivity index (χ0v) is 15.8. The molecule has 0 saturated carbocycles. The first-order chi connectivity index (χ1) is 13.5. The second-order valence-corrected chi connectivity index (χ2v) is 6.91. The smallest absolute Gasteiger partial charge is 0.237 e. The van der Waals surface area contributed by atoms with E-state index < -0.39 is 11.6 Å². The van der Waals surface area contributed by atoms with Crippen LogP contribution in [0.5, 0.6) is 5.75 Å². The Morgan fingerprint density at radius 1 is 1.14 bits per heavy atom. The third kappa shape index (κ3) is 5.50. The summed E-state index contributed by atoms with van der Waals surface area (Å²) in [5.74, 6) is -0.981. The maximum Gasteiger partial charge on any atom is 0.237 e. The highest BCUT2D eigenvalue weighted by Gasteiger charge is 2.28. The van der Waals surface area contributed by atoms with Crippen LogP contribution in [-0.4, -0.2) is 38.2 Å². The van der Waals surface area contributed by atoms with Gasteiger partial charge in [-0.2, -0.15) is 0 Å². The highest BCUT2D eigenvalue weighted by atomic mass is 19.2. The molecule has 0 aliphatic carbocycles. The Hall–Kier alpha value is -2.51. The van der Waals surface area contributed by atoms with Gasteiger partial charge >= 0.3 is 0 Å². The number of nitrogens with one attached hydrogen (secondary N) is 3. The summed E-state index contributed by atoms with van der Waals surface area (Å²) < 4.78 is 31.3. The second kappa shape index (κ2) is 9.61. The third-order valence-electron chi connectivity index (χ3n) is 4.90. The number of benzene rings is 2. The number of methoxy groups -OCH3 is 1. The molecule has 7 heteroatoms. The van der Waals surface area contributed by atoms with Gasteiger partial charge in [-0.15, -0.1) is 0 Å². The van der Waals surface area contributed by atoms with Gasteiger partial charge in [0, 0.05) is 25.7 Å². The van der Waals surface area contributed by atoms with E-state index in [1.807, 2.05) is 24.3 Å². The van der Waals surface area contributed by atoms with Crippen LogP contribution in [0.25, 0.3) is 0 Å². The van der Waals surface area contributed by atoms with Crippen molar-refractivity contribution in [1.82, 2.24) is 16.0 Å². The summed E-state index contributed by atoms with van der Waals surface area (Å²) in [5, 5.41) is 9.53. The summed E-state index contributed by atoms with van der Waals surface area (Å²) in [6.45, 7) is 1.82. The Labute approximate surface area is 163 Å². The van der Waals surface area contributed by atoms with Gasteiger partial charge in [0.2, 0.25) is 5.91 Å². The second-order valence-electron chi connectivity index (χ2n) is 6.91. The predicted molar refractivity (Wildman–Crippen MR) is 103 cm³/mol. The molecule has 150 valence electrons. The molecule has 1 saturated heterocycles. The molecule has 3 N–H and O–H groups in total.